The standard InChI is InChI=1S/C22H30F3N3O4/c1-5-31-19(29)18-17(10-11-27-18)26-12-13-32-22(2,20(23)24)21(25)28(3)14-15-6-8-16(30-4)9-7-15/h6-11,20-21,26-27H,5,12-14H2,1-4H3. The molecule has 178 valence electrons. The minimum Gasteiger partial charge on any atom is -0.497 e. The number of alkyl halides is 3. The molecule has 2 atom stereocenters. The molecule has 2 unspecified atom stereocenters. The van der Waals surface area contributed by atoms with Gasteiger partial charge in [0, 0.05) is 19.3 Å². The summed E-state index contributed by atoms with van der Waals surface area (Å²) in [5.74, 6) is 0.109. The summed E-state index contributed by atoms with van der Waals surface area (Å²) in [7, 11) is 2.95. The molecule has 0 aliphatic rings. The summed E-state index contributed by atoms with van der Waals surface area (Å²) in [6.45, 7) is 2.95. The third-order valence-electron chi connectivity index (χ3n) is 4.94. The first-order chi connectivity index (χ1) is 15.2. The number of esters is 1. The van der Waals surface area contributed by atoms with E-state index in [-0.39, 0.29) is 32.0 Å². The zero-order valence-corrected chi connectivity index (χ0v) is 18.7. The van der Waals surface area contributed by atoms with Crippen molar-refractivity contribution >= 4 is 11.7 Å². The zero-order chi connectivity index (χ0) is 23.7. The summed E-state index contributed by atoms with van der Waals surface area (Å²) in [5.41, 5.74) is -0.941. The normalized spacial score (nSPS) is 14.3. The first kappa shape index (κ1) is 25.5. The quantitative estimate of drug-likeness (QED) is 0.268. The van der Waals surface area contributed by atoms with Crippen molar-refractivity contribution in [3.05, 3.63) is 47.8 Å². The Morgan fingerprint density at radius 3 is 2.50 bits per heavy atom. The maximum atomic E-state index is 15.1. The molecule has 0 bridgehead atoms. The van der Waals surface area contributed by atoms with E-state index in [1.54, 1.807) is 43.5 Å². The number of H-pyrrole nitrogens is 1. The highest BCUT2D eigenvalue weighted by molar-refractivity contribution is 5.93. The second kappa shape index (κ2) is 11.8. The fraction of sp³-hybridized carbons (Fsp3) is 0.500. The Hall–Kier alpha value is -2.72. The van der Waals surface area contributed by atoms with E-state index in [4.69, 9.17) is 14.2 Å². The fourth-order valence-electron chi connectivity index (χ4n) is 3.12. The lowest BCUT2D eigenvalue weighted by Crippen LogP contribution is -2.53. The number of aromatic amines is 1. The largest absolute Gasteiger partial charge is 0.497 e. The van der Waals surface area contributed by atoms with Crippen LogP contribution in [0.4, 0.5) is 18.9 Å². The number of likely N-dealkylation sites (N-methyl/N-ethyl adjacent to an activating group) is 1. The van der Waals surface area contributed by atoms with Crippen molar-refractivity contribution in [1.29, 1.82) is 0 Å². The van der Waals surface area contributed by atoms with Gasteiger partial charge in [-0.05, 0) is 44.7 Å². The highest BCUT2D eigenvalue weighted by Crippen LogP contribution is 2.29. The molecular formula is C22H30F3N3O4. The molecule has 0 amide bonds. The van der Waals surface area contributed by atoms with Crippen LogP contribution < -0.4 is 10.1 Å². The summed E-state index contributed by atoms with van der Waals surface area (Å²) in [6, 6.07) is 8.53. The Morgan fingerprint density at radius 1 is 1.22 bits per heavy atom. The minimum absolute atomic E-state index is 0.0848. The van der Waals surface area contributed by atoms with Crippen molar-refractivity contribution in [3.8, 4) is 5.75 Å². The van der Waals surface area contributed by atoms with E-state index in [0.717, 1.165) is 12.5 Å². The number of carbonyl (C=O) groups is 1. The Morgan fingerprint density at radius 2 is 1.91 bits per heavy atom. The molecule has 0 saturated carbocycles. The van der Waals surface area contributed by atoms with Gasteiger partial charge in [-0.15, -0.1) is 0 Å². The number of methoxy groups -OCH3 is 1. The number of ether oxygens (including phenoxy) is 3. The first-order valence-electron chi connectivity index (χ1n) is 10.2. The maximum Gasteiger partial charge on any atom is 0.356 e. The monoisotopic (exact) mass is 457 g/mol. The number of benzene rings is 1. The van der Waals surface area contributed by atoms with Gasteiger partial charge in [0.25, 0.3) is 6.43 Å². The number of halogens is 3. The number of hydrogen-bond acceptors (Lipinski definition) is 6. The van der Waals surface area contributed by atoms with Crippen LogP contribution in [-0.4, -0.2) is 68.1 Å². The van der Waals surface area contributed by atoms with Crippen LogP contribution in [0.5, 0.6) is 5.75 Å². The van der Waals surface area contributed by atoms with Gasteiger partial charge in [-0.3, -0.25) is 4.90 Å². The topological polar surface area (TPSA) is 75.8 Å². The van der Waals surface area contributed by atoms with Crippen LogP contribution in [0.1, 0.15) is 29.9 Å². The lowest BCUT2D eigenvalue weighted by Gasteiger charge is -2.37. The van der Waals surface area contributed by atoms with E-state index in [9.17, 15) is 13.6 Å². The Kier molecular flexibility index (Phi) is 9.40. The van der Waals surface area contributed by atoms with E-state index in [1.807, 2.05) is 0 Å². The minimum atomic E-state index is -3.06. The molecule has 2 rings (SSSR count). The van der Waals surface area contributed by atoms with Gasteiger partial charge >= 0.3 is 5.97 Å². The van der Waals surface area contributed by atoms with Crippen LogP contribution >= 0.6 is 0 Å². The highest BCUT2D eigenvalue weighted by Gasteiger charge is 2.46. The molecule has 2 N–H and O–H groups in total. The van der Waals surface area contributed by atoms with Gasteiger partial charge in [-0.2, -0.15) is 0 Å². The summed E-state index contributed by atoms with van der Waals surface area (Å²) >= 11 is 0. The smallest absolute Gasteiger partial charge is 0.356 e. The van der Waals surface area contributed by atoms with Crippen LogP contribution in [0, 0.1) is 0 Å². The first-order valence-corrected chi connectivity index (χ1v) is 10.2. The van der Waals surface area contributed by atoms with Gasteiger partial charge in [0.05, 0.1) is 26.0 Å². The van der Waals surface area contributed by atoms with Gasteiger partial charge < -0.3 is 24.5 Å². The molecule has 0 fully saturated rings. The molecule has 1 heterocycles. The number of rotatable bonds is 13. The van der Waals surface area contributed by atoms with Crippen LogP contribution in [-0.2, 0) is 16.0 Å². The van der Waals surface area contributed by atoms with Crippen LogP contribution in [0.15, 0.2) is 36.5 Å². The van der Waals surface area contributed by atoms with Gasteiger partial charge in [0.1, 0.15) is 11.4 Å². The number of nitrogens with one attached hydrogen (secondary N) is 2. The predicted molar refractivity (Wildman–Crippen MR) is 115 cm³/mol. The number of nitrogens with zero attached hydrogens (tertiary/aromatic N) is 1. The summed E-state index contributed by atoms with van der Waals surface area (Å²) in [5, 5.41) is 2.91. The zero-order valence-electron chi connectivity index (χ0n) is 18.7. The van der Waals surface area contributed by atoms with Crippen molar-refractivity contribution in [2.24, 2.45) is 0 Å². The molecule has 10 heteroatoms. The van der Waals surface area contributed by atoms with Crippen molar-refractivity contribution < 1.29 is 32.2 Å². The third-order valence-corrected chi connectivity index (χ3v) is 4.94. The molecule has 1 aromatic carbocycles. The van der Waals surface area contributed by atoms with Crippen LogP contribution in [0.25, 0.3) is 0 Å². The van der Waals surface area contributed by atoms with Crippen LogP contribution in [0.3, 0.4) is 0 Å². The number of aromatic nitrogens is 1. The molecule has 0 saturated heterocycles. The average molecular weight is 457 g/mol. The summed E-state index contributed by atoms with van der Waals surface area (Å²) in [6.07, 6.45) is -3.57. The average Bonchev–Trinajstić information content (AvgIpc) is 3.25. The van der Waals surface area contributed by atoms with Crippen LogP contribution in [0.2, 0.25) is 0 Å². The van der Waals surface area contributed by atoms with E-state index in [1.165, 1.54) is 19.1 Å². The SMILES string of the molecule is CCOC(=O)c1[nH]ccc1NCCOC(C)(C(F)F)C(F)N(C)Cc1ccc(OC)cc1. The van der Waals surface area contributed by atoms with E-state index < -0.39 is 24.3 Å². The fourth-order valence-corrected chi connectivity index (χ4v) is 3.12. The maximum absolute atomic E-state index is 15.1. The van der Waals surface area contributed by atoms with Gasteiger partial charge in [0.15, 0.2) is 11.9 Å². The van der Waals surface area contributed by atoms with Crippen molar-refractivity contribution in [2.45, 2.75) is 38.7 Å². The number of anilines is 1. The molecule has 0 spiro atoms. The molecular weight excluding hydrogens is 427 g/mol. The number of hydrogen-bond donors (Lipinski definition) is 2. The Labute approximate surface area is 185 Å². The van der Waals surface area contributed by atoms with Gasteiger partial charge in [0.2, 0.25) is 0 Å². The van der Waals surface area contributed by atoms with Crippen molar-refractivity contribution in [1.82, 2.24) is 9.88 Å². The second-order valence-corrected chi connectivity index (χ2v) is 7.35. The molecule has 1 aromatic heterocycles. The highest BCUT2D eigenvalue weighted by atomic mass is 19.3. The number of carbonyl (C=O) groups excluding carboxylic acids is 1. The third kappa shape index (κ3) is 6.39. The lowest BCUT2D eigenvalue weighted by atomic mass is 10.0. The predicted octanol–water partition coefficient (Wildman–Crippen LogP) is 4.08. The molecule has 32 heavy (non-hydrogen) atoms. The van der Waals surface area contributed by atoms with Crippen molar-refractivity contribution in [2.75, 3.05) is 39.2 Å². The molecule has 0 radical (unpaired) electrons. The molecule has 0 aliphatic carbocycles. The molecule has 2 aromatic rings. The van der Waals surface area contributed by atoms with Crippen molar-refractivity contribution in [3.63, 3.8) is 0 Å². The second-order valence-electron chi connectivity index (χ2n) is 7.35. The summed E-state index contributed by atoms with van der Waals surface area (Å²) < 4.78 is 58.0. The lowest BCUT2D eigenvalue weighted by molar-refractivity contribution is -0.197. The Balaban J connectivity index is 1.94. The van der Waals surface area contributed by atoms with Gasteiger partial charge in [-0.25, -0.2) is 18.0 Å². The van der Waals surface area contributed by atoms with E-state index >= 15 is 4.39 Å². The summed E-state index contributed by atoms with van der Waals surface area (Å²) in [4.78, 5) is 15.8. The van der Waals surface area contributed by atoms with Gasteiger partial charge in [-0.1, -0.05) is 12.1 Å². The van der Waals surface area contributed by atoms with E-state index in [2.05, 4.69) is 10.3 Å². The Bertz CT molecular complexity index is 847. The molecule has 7 nitrogen and oxygen atoms in total. The molecule has 0 aliphatic heterocycles. The van der Waals surface area contributed by atoms with E-state index in [0.29, 0.717) is 11.4 Å².